The zero-order valence-corrected chi connectivity index (χ0v) is 11.2. The fourth-order valence-corrected chi connectivity index (χ4v) is 1.79. The predicted molar refractivity (Wildman–Crippen MR) is 70.8 cm³/mol. The zero-order valence-electron chi connectivity index (χ0n) is 11.2. The first-order valence-corrected chi connectivity index (χ1v) is 6.36. The minimum absolute atomic E-state index is 0.0885. The summed E-state index contributed by atoms with van der Waals surface area (Å²) in [5, 5.41) is 12.2. The molecule has 0 aromatic heterocycles. The SMILES string of the molecule is COc1cc(C)ccc1OCC(NC1CC1)C(=O)O. The van der Waals surface area contributed by atoms with Crippen LogP contribution in [-0.2, 0) is 4.79 Å². The molecule has 19 heavy (non-hydrogen) atoms. The highest BCUT2D eigenvalue weighted by Gasteiger charge is 2.28. The highest BCUT2D eigenvalue weighted by atomic mass is 16.5. The third-order valence-corrected chi connectivity index (χ3v) is 3.04. The number of rotatable bonds is 7. The lowest BCUT2D eigenvalue weighted by Crippen LogP contribution is -2.42. The summed E-state index contributed by atoms with van der Waals surface area (Å²) in [4.78, 5) is 11.1. The average Bonchev–Trinajstić information content (AvgIpc) is 3.19. The zero-order chi connectivity index (χ0) is 13.8. The number of carboxylic acids is 1. The predicted octanol–water partition coefficient (Wildman–Crippen LogP) is 1.59. The maximum Gasteiger partial charge on any atom is 0.324 e. The van der Waals surface area contributed by atoms with E-state index in [1.165, 1.54) is 0 Å². The van der Waals surface area contributed by atoms with Crippen LogP contribution in [0.4, 0.5) is 0 Å². The molecule has 1 aromatic rings. The molecule has 1 fully saturated rings. The Morgan fingerprint density at radius 2 is 2.21 bits per heavy atom. The molecule has 1 aliphatic rings. The summed E-state index contributed by atoms with van der Waals surface area (Å²) < 4.78 is 10.8. The maximum absolute atomic E-state index is 11.1. The lowest BCUT2D eigenvalue weighted by Gasteiger charge is -2.16. The first-order chi connectivity index (χ1) is 9.10. The van der Waals surface area contributed by atoms with E-state index in [2.05, 4.69) is 5.32 Å². The van der Waals surface area contributed by atoms with Crippen molar-refractivity contribution in [2.24, 2.45) is 0 Å². The van der Waals surface area contributed by atoms with Crippen molar-refractivity contribution < 1.29 is 19.4 Å². The van der Waals surface area contributed by atoms with Gasteiger partial charge in [0.15, 0.2) is 11.5 Å². The van der Waals surface area contributed by atoms with Crippen LogP contribution in [-0.4, -0.2) is 36.9 Å². The first-order valence-electron chi connectivity index (χ1n) is 6.36. The molecule has 0 saturated heterocycles. The second kappa shape index (κ2) is 5.93. The van der Waals surface area contributed by atoms with Crippen LogP contribution in [0.5, 0.6) is 11.5 Å². The van der Waals surface area contributed by atoms with Crippen molar-refractivity contribution in [3.05, 3.63) is 23.8 Å². The van der Waals surface area contributed by atoms with E-state index in [9.17, 15) is 4.79 Å². The first kappa shape index (κ1) is 13.7. The number of ether oxygens (including phenoxy) is 2. The van der Waals surface area contributed by atoms with E-state index in [0.717, 1.165) is 18.4 Å². The van der Waals surface area contributed by atoms with Gasteiger partial charge in [-0.1, -0.05) is 6.07 Å². The molecule has 0 amide bonds. The van der Waals surface area contributed by atoms with E-state index in [0.29, 0.717) is 17.5 Å². The second-order valence-corrected chi connectivity index (χ2v) is 4.80. The smallest absolute Gasteiger partial charge is 0.324 e. The molecule has 2 N–H and O–H groups in total. The summed E-state index contributed by atoms with van der Waals surface area (Å²) >= 11 is 0. The summed E-state index contributed by atoms with van der Waals surface area (Å²) in [5.74, 6) is 0.297. The van der Waals surface area contributed by atoms with Gasteiger partial charge in [-0.2, -0.15) is 0 Å². The Morgan fingerprint density at radius 1 is 1.47 bits per heavy atom. The van der Waals surface area contributed by atoms with Crippen LogP contribution in [0.25, 0.3) is 0 Å². The van der Waals surface area contributed by atoms with E-state index in [4.69, 9.17) is 14.6 Å². The molecular weight excluding hydrogens is 246 g/mol. The van der Waals surface area contributed by atoms with Crippen molar-refractivity contribution in [1.29, 1.82) is 0 Å². The quantitative estimate of drug-likeness (QED) is 0.783. The molecule has 0 spiro atoms. The van der Waals surface area contributed by atoms with Crippen LogP contribution in [0.2, 0.25) is 0 Å². The Bertz CT molecular complexity index is 457. The molecule has 1 saturated carbocycles. The van der Waals surface area contributed by atoms with Gasteiger partial charge >= 0.3 is 5.97 Å². The molecule has 5 nitrogen and oxygen atoms in total. The van der Waals surface area contributed by atoms with Crippen LogP contribution >= 0.6 is 0 Å². The molecular formula is C14H19NO4. The van der Waals surface area contributed by atoms with Crippen molar-refractivity contribution in [2.75, 3.05) is 13.7 Å². The molecule has 5 heteroatoms. The molecule has 0 radical (unpaired) electrons. The summed E-state index contributed by atoms with van der Waals surface area (Å²) in [6.45, 7) is 2.05. The normalized spacial score (nSPS) is 15.9. The fraction of sp³-hybridized carbons (Fsp3) is 0.500. The molecule has 0 bridgehead atoms. The van der Waals surface area contributed by atoms with Gasteiger partial charge in [-0.3, -0.25) is 10.1 Å². The Morgan fingerprint density at radius 3 is 2.79 bits per heavy atom. The third kappa shape index (κ3) is 3.86. The van der Waals surface area contributed by atoms with Gasteiger partial charge < -0.3 is 14.6 Å². The number of carboxylic acid groups (broad SMARTS) is 1. The van der Waals surface area contributed by atoms with Gasteiger partial charge in [-0.25, -0.2) is 0 Å². The highest BCUT2D eigenvalue weighted by molar-refractivity contribution is 5.73. The monoisotopic (exact) mass is 265 g/mol. The summed E-state index contributed by atoms with van der Waals surface area (Å²) in [5.41, 5.74) is 1.06. The van der Waals surface area contributed by atoms with Crippen molar-refractivity contribution >= 4 is 5.97 Å². The molecule has 1 aliphatic carbocycles. The number of nitrogens with one attached hydrogen (secondary N) is 1. The van der Waals surface area contributed by atoms with Gasteiger partial charge in [0.2, 0.25) is 0 Å². The number of aliphatic carboxylic acids is 1. The molecule has 0 aliphatic heterocycles. The Hall–Kier alpha value is -1.75. The lowest BCUT2D eigenvalue weighted by molar-refractivity contribution is -0.140. The van der Waals surface area contributed by atoms with E-state index in [-0.39, 0.29) is 6.61 Å². The number of hydrogen-bond acceptors (Lipinski definition) is 4. The Kier molecular flexibility index (Phi) is 4.27. The van der Waals surface area contributed by atoms with Crippen molar-refractivity contribution in [1.82, 2.24) is 5.32 Å². The van der Waals surface area contributed by atoms with Crippen LogP contribution in [0.1, 0.15) is 18.4 Å². The van der Waals surface area contributed by atoms with E-state index in [1.807, 2.05) is 19.1 Å². The maximum atomic E-state index is 11.1. The third-order valence-electron chi connectivity index (χ3n) is 3.04. The topological polar surface area (TPSA) is 67.8 Å². The van der Waals surface area contributed by atoms with Crippen molar-refractivity contribution in [3.63, 3.8) is 0 Å². The Balaban J connectivity index is 1.97. The number of carbonyl (C=O) groups is 1. The lowest BCUT2D eigenvalue weighted by atomic mass is 10.2. The second-order valence-electron chi connectivity index (χ2n) is 4.80. The van der Waals surface area contributed by atoms with E-state index >= 15 is 0 Å². The molecule has 104 valence electrons. The summed E-state index contributed by atoms with van der Waals surface area (Å²) in [7, 11) is 1.57. The number of hydrogen-bond donors (Lipinski definition) is 2. The standard InChI is InChI=1S/C14H19NO4/c1-9-3-6-12(13(7-9)18-2)19-8-11(14(16)17)15-10-4-5-10/h3,6-7,10-11,15H,4-5,8H2,1-2H3,(H,16,17). The van der Waals surface area contributed by atoms with Gasteiger partial charge in [-0.05, 0) is 37.5 Å². The molecule has 1 unspecified atom stereocenters. The summed E-state index contributed by atoms with van der Waals surface area (Å²) in [6.07, 6.45) is 2.08. The Labute approximate surface area is 112 Å². The molecule has 2 rings (SSSR count). The average molecular weight is 265 g/mol. The minimum atomic E-state index is -0.891. The number of methoxy groups -OCH3 is 1. The van der Waals surface area contributed by atoms with Crippen LogP contribution < -0.4 is 14.8 Å². The molecule has 1 aromatic carbocycles. The van der Waals surface area contributed by atoms with E-state index < -0.39 is 12.0 Å². The summed E-state index contributed by atoms with van der Waals surface area (Å²) in [6, 6.07) is 5.20. The van der Waals surface area contributed by atoms with Crippen LogP contribution in [0, 0.1) is 6.92 Å². The van der Waals surface area contributed by atoms with Gasteiger partial charge in [0.1, 0.15) is 12.6 Å². The number of aryl methyl sites for hydroxylation is 1. The molecule has 1 atom stereocenters. The minimum Gasteiger partial charge on any atom is -0.493 e. The van der Waals surface area contributed by atoms with Gasteiger partial charge in [0, 0.05) is 6.04 Å². The largest absolute Gasteiger partial charge is 0.493 e. The molecule has 0 heterocycles. The van der Waals surface area contributed by atoms with Crippen LogP contribution in [0.3, 0.4) is 0 Å². The van der Waals surface area contributed by atoms with Gasteiger partial charge in [0.25, 0.3) is 0 Å². The number of benzene rings is 1. The fourth-order valence-electron chi connectivity index (χ4n) is 1.79. The van der Waals surface area contributed by atoms with Gasteiger partial charge in [-0.15, -0.1) is 0 Å². The highest BCUT2D eigenvalue weighted by Crippen LogP contribution is 2.28. The van der Waals surface area contributed by atoms with Crippen LogP contribution in [0.15, 0.2) is 18.2 Å². The van der Waals surface area contributed by atoms with Crippen molar-refractivity contribution in [2.45, 2.75) is 31.8 Å². The van der Waals surface area contributed by atoms with E-state index in [1.54, 1.807) is 13.2 Å². The van der Waals surface area contributed by atoms with Crippen molar-refractivity contribution in [3.8, 4) is 11.5 Å². The van der Waals surface area contributed by atoms with Gasteiger partial charge in [0.05, 0.1) is 7.11 Å².